The van der Waals surface area contributed by atoms with Crippen molar-refractivity contribution in [1.82, 2.24) is 0 Å². The Morgan fingerprint density at radius 2 is 1.89 bits per heavy atom. The molecular weight excluding hydrogens is 130 g/mol. The Labute approximate surface area is 63.0 Å². The normalized spacial score (nSPS) is 10.1. The first kappa shape index (κ1) is 11.8. The van der Waals surface area contributed by atoms with E-state index < -0.39 is 0 Å². The lowest BCUT2D eigenvalue weighted by molar-refractivity contribution is 1.45. The largest absolute Gasteiger partial charge is 0.287 e. The molecule has 0 radical (unpaired) electrons. The Hall–Kier alpha value is 0.0200. The predicted octanol–water partition coefficient (Wildman–Crippen LogP) is 2.81. The third-order valence-corrected chi connectivity index (χ3v) is 1.56. The molecule has 2 heteroatoms. The maximum atomic E-state index is 3.96. The Kier molecular flexibility index (Phi) is 14.3. The lowest BCUT2D eigenvalue weighted by Gasteiger charge is -1.89. The van der Waals surface area contributed by atoms with E-state index in [1.165, 1.54) is 5.04 Å². The van der Waals surface area contributed by atoms with Crippen molar-refractivity contribution in [3.05, 3.63) is 0 Å². The Morgan fingerprint density at radius 3 is 2.00 bits per heavy atom. The van der Waals surface area contributed by atoms with E-state index in [-0.39, 0.29) is 0 Å². The van der Waals surface area contributed by atoms with Gasteiger partial charge < -0.3 is 0 Å². The molecule has 0 aromatic heterocycles. The maximum Gasteiger partial charge on any atom is 0.0641 e. The summed E-state index contributed by atoms with van der Waals surface area (Å²) in [5, 5.41) is 1.17. The molecule has 0 saturated carbocycles. The van der Waals surface area contributed by atoms with Crippen molar-refractivity contribution in [2.24, 2.45) is 4.99 Å². The number of rotatable bonds is 1. The smallest absolute Gasteiger partial charge is 0.0641 e. The lowest BCUT2D eigenvalue weighted by Crippen LogP contribution is -1.81. The van der Waals surface area contributed by atoms with E-state index >= 15 is 0 Å². The molecule has 1 nitrogen and oxygen atoms in total. The van der Waals surface area contributed by atoms with Gasteiger partial charge in [-0.3, -0.25) is 4.99 Å². The highest BCUT2D eigenvalue weighted by Crippen LogP contribution is 1.99. The zero-order chi connectivity index (χ0) is 7.70. The number of thioether (sulfide) groups is 1. The SMILES string of the molecule is CC.CCSC(C)=NC. The second-order valence-electron chi connectivity index (χ2n) is 1.18. The second kappa shape index (κ2) is 10.9. The second-order valence-corrected chi connectivity index (χ2v) is 2.63. The molecule has 0 amide bonds. The average Bonchev–Trinajstić information content (AvgIpc) is 1.93. The third kappa shape index (κ3) is 11.5. The average molecular weight is 147 g/mol. The van der Waals surface area contributed by atoms with Gasteiger partial charge in [-0.25, -0.2) is 0 Å². The quantitative estimate of drug-likeness (QED) is 0.410. The molecule has 0 N–H and O–H groups in total. The van der Waals surface area contributed by atoms with Crippen LogP contribution in [0.25, 0.3) is 0 Å². The van der Waals surface area contributed by atoms with Crippen LogP contribution in [0.3, 0.4) is 0 Å². The molecule has 0 aromatic carbocycles. The van der Waals surface area contributed by atoms with Gasteiger partial charge in [-0.1, -0.05) is 20.8 Å². The van der Waals surface area contributed by atoms with Gasteiger partial charge in [-0.15, -0.1) is 11.8 Å². The van der Waals surface area contributed by atoms with E-state index in [2.05, 4.69) is 11.9 Å². The van der Waals surface area contributed by atoms with Gasteiger partial charge in [0.05, 0.1) is 5.04 Å². The number of hydrogen-bond acceptors (Lipinski definition) is 2. The van der Waals surface area contributed by atoms with Gasteiger partial charge >= 0.3 is 0 Å². The molecule has 0 saturated heterocycles. The third-order valence-electron chi connectivity index (χ3n) is 0.668. The fourth-order valence-electron chi connectivity index (χ4n) is 0.273. The minimum absolute atomic E-state index is 1.13. The molecule has 0 heterocycles. The summed E-state index contributed by atoms with van der Waals surface area (Å²) in [6.07, 6.45) is 0. The zero-order valence-corrected chi connectivity index (χ0v) is 7.88. The summed E-state index contributed by atoms with van der Waals surface area (Å²) in [5.41, 5.74) is 0. The summed E-state index contributed by atoms with van der Waals surface area (Å²) >= 11 is 1.78. The molecule has 9 heavy (non-hydrogen) atoms. The van der Waals surface area contributed by atoms with Crippen molar-refractivity contribution in [1.29, 1.82) is 0 Å². The maximum absolute atomic E-state index is 3.96. The van der Waals surface area contributed by atoms with Gasteiger partial charge in [-0.05, 0) is 12.7 Å². The van der Waals surface area contributed by atoms with Crippen LogP contribution in [0.1, 0.15) is 27.7 Å². The van der Waals surface area contributed by atoms with Gasteiger partial charge in [0, 0.05) is 7.05 Å². The van der Waals surface area contributed by atoms with Crippen molar-refractivity contribution < 1.29 is 0 Å². The van der Waals surface area contributed by atoms with Gasteiger partial charge in [0.25, 0.3) is 0 Å². The molecule has 0 fully saturated rings. The van der Waals surface area contributed by atoms with E-state index in [9.17, 15) is 0 Å². The van der Waals surface area contributed by atoms with E-state index in [0.29, 0.717) is 0 Å². The summed E-state index contributed by atoms with van der Waals surface area (Å²) in [7, 11) is 1.82. The topological polar surface area (TPSA) is 12.4 Å². The lowest BCUT2D eigenvalue weighted by atomic mass is 10.9. The summed E-state index contributed by atoms with van der Waals surface area (Å²) in [6.45, 7) is 8.15. The van der Waals surface area contributed by atoms with Crippen molar-refractivity contribution >= 4 is 16.8 Å². The van der Waals surface area contributed by atoms with Crippen molar-refractivity contribution in [2.75, 3.05) is 12.8 Å². The van der Waals surface area contributed by atoms with E-state index in [4.69, 9.17) is 0 Å². The number of hydrogen-bond donors (Lipinski definition) is 0. The van der Waals surface area contributed by atoms with Crippen LogP contribution in [0.15, 0.2) is 4.99 Å². The molecule has 0 aliphatic rings. The van der Waals surface area contributed by atoms with Crippen LogP contribution in [0.5, 0.6) is 0 Å². The van der Waals surface area contributed by atoms with Crippen molar-refractivity contribution in [2.45, 2.75) is 27.7 Å². The minimum atomic E-state index is 1.13. The van der Waals surface area contributed by atoms with Crippen molar-refractivity contribution in [3.63, 3.8) is 0 Å². The molecule has 0 aliphatic carbocycles. The number of nitrogens with zero attached hydrogens (tertiary/aromatic N) is 1. The molecule has 0 aliphatic heterocycles. The van der Waals surface area contributed by atoms with Gasteiger partial charge in [0.15, 0.2) is 0 Å². The summed E-state index contributed by atoms with van der Waals surface area (Å²) < 4.78 is 0. The standard InChI is InChI=1S/C5H11NS.C2H6/c1-4-7-5(2)6-3;1-2/h4H2,1-3H3;1-2H3. The molecule has 0 spiro atoms. The highest BCUT2D eigenvalue weighted by Gasteiger charge is 1.81. The molecular formula is C7H17NS. The predicted molar refractivity (Wildman–Crippen MR) is 48.5 cm³/mol. The highest BCUT2D eigenvalue weighted by atomic mass is 32.2. The first-order valence-electron chi connectivity index (χ1n) is 3.37. The van der Waals surface area contributed by atoms with Gasteiger partial charge in [0.1, 0.15) is 0 Å². The molecule has 0 bridgehead atoms. The van der Waals surface area contributed by atoms with Crippen LogP contribution < -0.4 is 0 Å². The Bertz CT molecular complexity index is 69.3. The molecule has 0 atom stereocenters. The monoisotopic (exact) mass is 147 g/mol. The Morgan fingerprint density at radius 1 is 1.44 bits per heavy atom. The molecule has 56 valence electrons. The van der Waals surface area contributed by atoms with Gasteiger partial charge in [0.2, 0.25) is 0 Å². The zero-order valence-electron chi connectivity index (χ0n) is 7.06. The van der Waals surface area contributed by atoms with Crippen LogP contribution >= 0.6 is 11.8 Å². The summed E-state index contributed by atoms with van der Waals surface area (Å²) in [5.74, 6) is 1.13. The molecule has 0 aromatic rings. The highest BCUT2D eigenvalue weighted by molar-refractivity contribution is 8.13. The van der Waals surface area contributed by atoms with Gasteiger partial charge in [-0.2, -0.15) is 0 Å². The van der Waals surface area contributed by atoms with Crippen LogP contribution in [-0.4, -0.2) is 17.8 Å². The van der Waals surface area contributed by atoms with Crippen LogP contribution in [0, 0.1) is 0 Å². The van der Waals surface area contributed by atoms with Crippen LogP contribution in [0.2, 0.25) is 0 Å². The fraction of sp³-hybridized carbons (Fsp3) is 0.857. The minimum Gasteiger partial charge on any atom is -0.287 e. The Balaban J connectivity index is 0. The summed E-state index contributed by atoms with van der Waals surface area (Å²) in [4.78, 5) is 3.96. The van der Waals surface area contributed by atoms with Crippen molar-refractivity contribution in [3.8, 4) is 0 Å². The first-order chi connectivity index (χ1) is 4.31. The molecule has 0 rings (SSSR count). The van der Waals surface area contributed by atoms with Crippen LogP contribution in [-0.2, 0) is 0 Å². The summed E-state index contributed by atoms with van der Waals surface area (Å²) in [6, 6.07) is 0. The van der Waals surface area contributed by atoms with E-state index in [1.54, 1.807) is 11.8 Å². The number of aliphatic imine (C=N–C) groups is 1. The molecule has 0 unspecified atom stereocenters. The van der Waals surface area contributed by atoms with E-state index in [1.807, 2.05) is 27.8 Å². The first-order valence-corrected chi connectivity index (χ1v) is 4.36. The fourth-order valence-corrected chi connectivity index (χ4v) is 0.820. The van der Waals surface area contributed by atoms with E-state index in [0.717, 1.165) is 5.75 Å². The van der Waals surface area contributed by atoms with Crippen LogP contribution in [0.4, 0.5) is 0 Å².